The normalized spacial score (nSPS) is 10.9. The number of hydrogen-bond acceptors (Lipinski definition) is 6. The number of fused-ring (bicyclic) bond motifs is 1. The molecule has 0 unspecified atom stereocenters. The lowest BCUT2D eigenvalue weighted by Gasteiger charge is -2.20. The predicted molar refractivity (Wildman–Crippen MR) is 127 cm³/mol. The van der Waals surface area contributed by atoms with E-state index in [-0.39, 0.29) is 12.5 Å². The standard InChI is InChI=1S/C23H19ClN2O3S2/c1-3-15-8-4-6-10-18(15)26(14(2)27)23-25-16(13-30-23)12-29-22(28)21-20(24)17-9-5-7-11-19(17)31-21/h4-11,13H,3,12H2,1-2H3. The van der Waals surface area contributed by atoms with Crippen LogP contribution in [0.2, 0.25) is 5.02 Å². The summed E-state index contributed by atoms with van der Waals surface area (Å²) in [4.78, 5) is 31.5. The Morgan fingerprint density at radius 2 is 1.87 bits per heavy atom. The summed E-state index contributed by atoms with van der Waals surface area (Å²) in [6.45, 7) is 3.56. The third-order valence-electron chi connectivity index (χ3n) is 4.73. The molecule has 2 heterocycles. The molecule has 0 saturated heterocycles. The molecule has 4 aromatic rings. The number of benzene rings is 2. The number of anilines is 2. The number of halogens is 1. The Bertz CT molecular complexity index is 1260. The largest absolute Gasteiger partial charge is 0.455 e. The second-order valence-corrected chi connectivity index (χ2v) is 9.04. The topological polar surface area (TPSA) is 59.5 Å². The number of para-hydroxylation sites is 1. The SMILES string of the molecule is CCc1ccccc1N(C(C)=O)c1nc(COC(=O)c2sc3ccccc3c2Cl)cs1. The molecular weight excluding hydrogens is 452 g/mol. The molecule has 8 heteroatoms. The molecule has 1 amide bonds. The Kier molecular flexibility index (Phi) is 6.36. The van der Waals surface area contributed by atoms with E-state index in [0.717, 1.165) is 27.8 Å². The highest BCUT2D eigenvalue weighted by molar-refractivity contribution is 7.21. The lowest BCUT2D eigenvalue weighted by atomic mass is 10.1. The van der Waals surface area contributed by atoms with E-state index in [0.29, 0.717) is 20.7 Å². The van der Waals surface area contributed by atoms with Gasteiger partial charge in [0.15, 0.2) is 5.13 Å². The van der Waals surface area contributed by atoms with Crippen molar-refractivity contribution in [3.63, 3.8) is 0 Å². The van der Waals surface area contributed by atoms with E-state index in [1.807, 2.05) is 55.5 Å². The number of carbonyl (C=O) groups is 2. The van der Waals surface area contributed by atoms with Crippen LogP contribution in [0.5, 0.6) is 0 Å². The van der Waals surface area contributed by atoms with Crippen LogP contribution in [0.25, 0.3) is 10.1 Å². The quantitative estimate of drug-likeness (QED) is 0.297. The Labute approximate surface area is 192 Å². The zero-order valence-corrected chi connectivity index (χ0v) is 19.3. The Hall–Kier alpha value is -2.74. The minimum atomic E-state index is -0.486. The van der Waals surface area contributed by atoms with Crippen molar-refractivity contribution in [2.75, 3.05) is 4.90 Å². The van der Waals surface area contributed by atoms with Gasteiger partial charge < -0.3 is 4.74 Å². The number of rotatable bonds is 6. The van der Waals surface area contributed by atoms with Gasteiger partial charge in [0.25, 0.3) is 0 Å². The van der Waals surface area contributed by atoms with Gasteiger partial charge in [-0.25, -0.2) is 9.78 Å². The molecule has 2 aromatic carbocycles. The molecule has 0 atom stereocenters. The predicted octanol–water partition coefficient (Wildman–Crippen LogP) is 6.62. The fraction of sp³-hybridized carbons (Fsp3) is 0.174. The van der Waals surface area contributed by atoms with E-state index in [1.165, 1.54) is 29.6 Å². The highest BCUT2D eigenvalue weighted by atomic mass is 35.5. The third-order valence-corrected chi connectivity index (χ3v) is 7.26. The van der Waals surface area contributed by atoms with Gasteiger partial charge in [0.05, 0.1) is 16.4 Å². The number of amides is 1. The first kappa shape index (κ1) is 21.5. The van der Waals surface area contributed by atoms with Gasteiger partial charge in [0, 0.05) is 22.4 Å². The van der Waals surface area contributed by atoms with Crippen molar-refractivity contribution in [2.45, 2.75) is 26.9 Å². The summed E-state index contributed by atoms with van der Waals surface area (Å²) >= 11 is 9.00. The molecule has 158 valence electrons. The van der Waals surface area contributed by atoms with Crippen LogP contribution in [0, 0.1) is 0 Å². The van der Waals surface area contributed by atoms with Crippen molar-refractivity contribution in [3.8, 4) is 0 Å². The maximum Gasteiger partial charge on any atom is 0.350 e. The van der Waals surface area contributed by atoms with Crippen LogP contribution in [0.3, 0.4) is 0 Å². The lowest BCUT2D eigenvalue weighted by Crippen LogP contribution is -2.23. The minimum Gasteiger partial charge on any atom is -0.455 e. The first-order valence-electron chi connectivity index (χ1n) is 9.66. The maximum absolute atomic E-state index is 12.6. The van der Waals surface area contributed by atoms with Crippen LogP contribution in [-0.2, 0) is 22.6 Å². The molecule has 31 heavy (non-hydrogen) atoms. The van der Waals surface area contributed by atoms with Crippen LogP contribution in [0.1, 0.15) is 34.8 Å². The number of aryl methyl sites for hydroxylation is 1. The summed E-state index contributed by atoms with van der Waals surface area (Å²) in [6.07, 6.45) is 0.797. The second-order valence-electron chi connectivity index (χ2n) is 6.78. The van der Waals surface area contributed by atoms with Crippen LogP contribution in [0.15, 0.2) is 53.9 Å². The average molecular weight is 471 g/mol. The fourth-order valence-electron chi connectivity index (χ4n) is 3.25. The average Bonchev–Trinajstić information content (AvgIpc) is 3.37. The van der Waals surface area contributed by atoms with Crippen molar-refractivity contribution in [1.82, 2.24) is 4.98 Å². The van der Waals surface area contributed by atoms with E-state index in [9.17, 15) is 9.59 Å². The molecule has 0 spiro atoms. The molecule has 0 radical (unpaired) electrons. The first-order valence-corrected chi connectivity index (χ1v) is 11.7. The monoisotopic (exact) mass is 470 g/mol. The Balaban J connectivity index is 1.52. The van der Waals surface area contributed by atoms with Crippen LogP contribution < -0.4 is 4.90 Å². The number of thiophene rings is 1. The summed E-state index contributed by atoms with van der Waals surface area (Å²) in [5.74, 6) is -0.614. The van der Waals surface area contributed by atoms with Gasteiger partial charge in [-0.15, -0.1) is 22.7 Å². The molecule has 0 fully saturated rings. The van der Waals surface area contributed by atoms with Crippen molar-refractivity contribution in [1.29, 1.82) is 0 Å². The number of carbonyl (C=O) groups excluding carboxylic acids is 2. The molecule has 2 aromatic heterocycles. The van der Waals surface area contributed by atoms with Crippen LogP contribution >= 0.6 is 34.3 Å². The van der Waals surface area contributed by atoms with Gasteiger partial charge in [-0.05, 0) is 24.1 Å². The highest BCUT2D eigenvalue weighted by Crippen LogP contribution is 2.36. The van der Waals surface area contributed by atoms with E-state index in [2.05, 4.69) is 4.98 Å². The minimum absolute atomic E-state index is 0.00107. The van der Waals surface area contributed by atoms with Gasteiger partial charge >= 0.3 is 5.97 Å². The number of ether oxygens (including phenoxy) is 1. The smallest absolute Gasteiger partial charge is 0.350 e. The molecule has 0 N–H and O–H groups in total. The van der Waals surface area contributed by atoms with E-state index >= 15 is 0 Å². The zero-order chi connectivity index (χ0) is 22.0. The first-order chi connectivity index (χ1) is 15.0. The van der Waals surface area contributed by atoms with E-state index in [1.54, 1.807) is 10.3 Å². The van der Waals surface area contributed by atoms with Gasteiger partial charge in [0.2, 0.25) is 5.91 Å². The number of nitrogens with zero attached hydrogens (tertiary/aromatic N) is 2. The summed E-state index contributed by atoms with van der Waals surface area (Å²) in [7, 11) is 0. The summed E-state index contributed by atoms with van der Waals surface area (Å²) < 4.78 is 6.39. The van der Waals surface area contributed by atoms with Gasteiger partial charge in [-0.3, -0.25) is 9.69 Å². The maximum atomic E-state index is 12.6. The lowest BCUT2D eigenvalue weighted by molar-refractivity contribution is -0.115. The number of hydrogen-bond donors (Lipinski definition) is 0. The van der Waals surface area contributed by atoms with E-state index in [4.69, 9.17) is 16.3 Å². The second kappa shape index (κ2) is 9.18. The molecular formula is C23H19ClN2O3S2. The molecule has 0 bridgehead atoms. The van der Waals surface area contributed by atoms with Crippen molar-refractivity contribution in [2.24, 2.45) is 0 Å². The van der Waals surface area contributed by atoms with Crippen molar-refractivity contribution < 1.29 is 14.3 Å². The van der Waals surface area contributed by atoms with Gasteiger partial charge in [0.1, 0.15) is 11.5 Å². The molecule has 0 aliphatic heterocycles. The summed E-state index contributed by atoms with van der Waals surface area (Å²) in [6, 6.07) is 15.3. The van der Waals surface area contributed by atoms with E-state index < -0.39 is 5.97 Å². The Morgan fingerprint density at radius 3 is 2.61 bits per heavy atom. The third kappa shape index (κ3) is 4.35. The Morgan fingerprint density at radius 1 is 1.13 bits per heavy atom. The summed E-state index contributed by atoms with van der Waals surface area (Å²) in [5, 5.41) is 3.58. The number of esters is 1. The van der Waals surface area contributed by atoms with Gasteiger partial charge in [-0.2, -0.15) is 0 Å². The molecule has 4 rings (SSSR count). The molecule has 0 saturated carbocycles. The summed E-state index contributed by atoms with van der Waals surface area (Å²) in [5.41, 5.74) is 2.44. The van der Waals surface area contributed by atoms with Crippen LogP contribution in [-0.4, -0.2) is 16.9 Å². The molecule has 0 aliphatic rings. The fourth-order valence-corrected chi connectivity index (χ4v) is 5.52. The number of aromatic nitrogens is 1. The number of thiazole rings is 1. The molecule has 5 nitrogen and oxygen atoms in total. The molecule has 0 aliphatic carbocycles. The van der Waals surface area contributed by atoms with Crippen molar-refractivity contribution >= 4 is 67.1 Å². The van der Waals surface area contributed by atoms with Crippen molar-refractivity contribution in [3.05, 3.63) is 75.1 Å². The zero-order valence-electron chi connectivity index (χ0n) is 16.9. The van der Waals surface area contributed by atoms with Gasteiger partial charge in [-0.1, -0.05) is 54.9 Å². The highest BCUT2D eigenvalue weighted by Gasteiger charge is 2.22. The van der Waals surface area contributed by atoms with Crippen LogP contribution in [0.4, 0.5) is 10.8 Å².